The SMILES string of the molecule is CC(C)n1cc([C@@H]2CN(Cc3ccc(Cl)cn3)C[C@H]2CO)cn1. The Kier molecular flexibility index (Phi) is 4.99. The van der Waals surface area contributed by atoms with Gasteiger partial charge in [0.2, 0.25) is 0 Å². The highest BCUT2D eigenvalue weighted by atomic mass is 35.5. The van der Waals surface area contributed by atoms with Crippen LogP contribution in [0.2, 0.25) is 5.02 Å². The lowest BCUT2D eigenvalue weighted by Gasteiger charge is -2.15. The number of hydrogen-bond acceptors (Lipinski definition) is 4. The van der Waals surface area contributed by atoms with E-state index in [1.807, 2.05) is 23.0 Å². The lowest BCUT2D eigenvalue weighted by molar-refractivity contribution is 0.213. The average Bonchev–Trinajstić information content (AvgIpc) is 3.16. The van der Waals surface area contributed by atoms with E-state index < -0.39 is 0 Å². The molecule has 6 heteroatoms. The van der Waals surface area contributed by atoms with Gasteiger partial charge in [-0.1, -0.05) is 11.6 Å². The lowest BCUT2D eigenvalue weighted by atomic mass is 9.92. The first-order valence-corrected chi connectivity index (χ1v) is 8.42. The summed E-state index contributed by atoms with van der Waals surface area (Å²) in [6, 6.07) is 4.18. The van der Waals surface area contributed by atoms with Gasteiger partial charge in [0.25, 0.3) is 0 Å². The van der Waals surface area contributed by atoms with Crippen LogP contribution in [0.3, 0.4) is 0 Å². The van der Waals surface area contributed by atoms with Crippen molar-refractivity contribution in [2.24, 2.45) is 5.92 Å². The van der Waals surface area contributed by atoms with Crippen molar-refractivity contribution in [1.29, 1.82) is 0 Å². The summed E-state index contributed by atoms with van der Waals surface area (Å²) in [6.07, 6.45) is 5.74. The number of hydrogen-bond donors (Lipinski definition) is 1. The van der Waals surface area contributed by atoms with Crippen molar-refractivity contribution in [2.75, 3.05) is 19.7 Å². The minimum Gasteiger partial charge on any atom is -0.396 e. The van der Waals surface area contributed by atoms with Crippen molar-refractivity contribution in [3.63, 3.8) is 0 Å². The number of aliphatic hydroxyl groups excluding tert-OH is 1. The van der Waals surface area contributed by atoms with Gasteiger partial charge in [-0.25, -0.2) is 0 Å². The number of rotatable bonds is 5. The fourth-order valence-corrected chi connectivity index (χ4v) is 3.32. The molecule has 0 amide bonds. The van der Waals surface area contributed by atoms with Crippen LogP contribution in [0.25, 0.3) is 0 Å². The quantitative estimate of drug-likeness (QED) is 0.913. The minimum atomic E-state index is 0.196. The molecule has 23 heavy (non-hydrogen) atoms. The summed E-state index contributed by atoms with van der Waals surface area (Å²) in [4.78, 5) is 6.71. The molecule has 0 spiro atoms. The van der Waals surface area contributed by atoms with E-state index in [0.717, 1.165) is 25.3 Å². The predicted octanol–water partition coefficient (Wildman–Crippen LogP) is 2.72. The summed E-state index contributed by atoms with van der Waals surface area (Å²) in [5, 5.41) is 14.8. The van der Waals surface area contributed by atoms with Crippen LogP contribution in [-0.2, 0) is 6.54 Å². The molecule has 0 bridgehead atoms. The standard InChI is InChI=1S/C17H23ClN4O/c1-12(2)22-8-13(5-20-22)17-10-21(7-14(17)11-23)9-16-4-3-15(18)6-19-16/h3-6,8,12,14,17,23H,7,9-11H2,1-2H3/t14-,17-/m0/s1. The van der Waals surface area contributed by atoms with Crippen molar-refractivity contribution in [3.05, 3.63) is 47.0 Å². The molecule has 0 saturated carbocycles. The smallest absolute Gasteiger partial charge is 0.0589 e. The normalized spacial score (nSPS) is 22.1. The molecule has 3 rings (SSSR count). The highest BCUT2D eigenvalue weighted by molar-refractivity contribution is 6.30. The predicted molar refractivity (Wildman–Crippen MR) is 90.5 cm³/mol. The van der Waals surface area contributed by atoms with Crippen LogP contribution < -0.4 is 0 Å². The van der Waals surface area contributed by atoms with Crippen LogP contribution in [0.15, 0.2) is 30.7 Å². The van der Waals surface area contributed by atoms with Gasteiger partial charge in [-0.15, -0.1) is 0 Å². The van der Waals surface area contributed by atoms with Crippen molar-refractivity contribution in [1.82, 2.24) is 19.7 Å². The molecule has 0 aromatic carbocycles. The fraction of sp³-hybridized carbons (Fsp3) is 0.529. The summed E-state index contributed by atoms with van der Waals surface area (Å²) < 4.78 is 1.98. The number of nitrogens with zero attached hydrogens (tertiary/aromatic N) is 4. The fourth-order valence-electron chi connectivity index (χ4n) is 3.21. The molecule has 1 N–H and O–H groups in total. The monoisotopic (exact) mass is 334 g/mol. The molecular formula is C17H23ClN4O. The van der Waals surface area contributed by atoms with Crippen LogP contribution in [0.1, 0.15) is 37.1 Å². The van der Waals surface area contributed by atoms with E-state index >= 15 is 0 Å². The Balaban J connectivity index is 1.70. The Morgan fingerprint density at radius 1 is 1.30 bits per heavy atom. The first kappa shape index (κ1) is 16.4. The van der Waals surface area contributed by atoms with E-state index in [2.05, 4.69) is 35.0 Å². The first-order chi connectivity index (χ1) is 11.1. The van der Waals surface area contributed by atoms with Gasteiger partial charge >= 0.3 is 0 Å². The van der Waals surface area contributed by atoms with Crippen molar-refractivity contribution in [3.8, 4) is 0 Å². The molecule has 2 atom stereocenters. The third-order valence-corrected chi connectivity index (χ3v) is 4.73. The maximum atomic E-state index is 9.75. The Hall–Kier alpha value is -1.43. The second kappa shape index (κ2) is 6.99. The van der Waals surface area contributed by atoms with Gasteiger partial charge in [0.1, 0.15) is 0 Å². The number of aliphatic hydroxyl groups is 1. The number of likely N-dealkylation sites (tertiary alicyclic amines) is 1. The molecule has 1 fully saturated rings. The molecular weight excluding hydrogens is 312 g/mol. The molecule has 0 unspecified atom stereocenters. The van der Waals surface area contributed by atoms with Crippen LogP contribution >= 0.6 is 11.6 Å². The van der Waals surface area contributed by atoms with Gasteiger partial charge in [0, 0.05) is 56.5 Å². The summed E-state index contributed by atoms with van der Waals surface area (Å²) >= 11 is 5.89. The van der Waals surface area contributed by atoms with Gasteiger partial charge in [-0.05, 0) is 31.5 Å². The van der Waals surface area contributed by atoms with Gasteiger partial charge in [0.05, 0.1) is 16.9 Å². The second-order valence-corrected chi connectivity index (χ2v) is 6.99. The molecule has 2 aromatic rings. The molecule has 1 aliphatic heterocycles. The Bertz CT molecular complexity index is 640. The van der Waals surface area contributed by atoms with Gasteiger partial charge in [-0.3, -0.25) is 14.6 Å². The Morgan fingerprint density at radius 3 is 2.74 bits per heavy atom. The topological polar surface area (TPSA) is 54.2 Å². The largest absolute Gasteiger partial charge is 0.396 e. The van der Waals surface area contributed by atoms with Crippen molar-refractivity contribution < 1.29 is 5.11 Å². The molecule has 0 radical (unpaired) electrons. The molecule has 3 heterocycles. The highest BCUT2D eigenvalue weighted by Crippen LogP contribution is 2.33. The molecule has 2 aromatic heterocycles. The van der Waals surface area contributed by atoms with Gasteiger partial charge in [0.15, 0.2) is 0 Å². The zero-order valence-electron chi connectivity index (χ0n) is 13.6. The zero-order valence-corrected chi connectivity index (χ0v) is 14.3. The van der Waals surface area contributed by atoms with Gasteiger partial charge in [-0.2, -0.15) is 5.10 Å². The summed E-state index contributed by atoms with van der Waals surface area (Å²) in [5.74, 6) is 0.562. The molecule has 124 valence electrons. The van der Waals surface area contributed by atoms with Crippen LogP contribution in [-0.4, -0.2) is 44.5 Å². The summed E-state index contributed by atoms with van der Waals surface area (Å²) in [6.45, 7) is 7.00. The molecule has 0 aliphatic carbocycles. The van der Waals surface area contributed by atoms with E-state index in [4.69, 9.17) is 11.6 Å². The molecule has 1 aliphatic rings. The maximum absolute atomic E-state index is 9.75. The van der Waals surface area contributed by atoms with E-state index in [-0.39, 0.29) is 12.5 Å². The van der Waals surface area contributed by atoms with Crippen molar-refractivity contribution in [2.45, 2.75) is 32.4 Å². The Morgan fingerprint density at radius 2 is 2.13 bits per heavy atom. The van der Waals surface area contributed by atoms with E-state index in [1.54, 1.807) is 6.20 Å². The minimum absolute atomic E-state index is 0.196. The number of halogens is 1. The third kappa shape index (κ3) is 3.74. The first-order valence-electron chi connectivity index (χ1n) is 8.04. The third-order valence-electron chi connectivity index (χ3n) is 4.50. The van der Waals surface area contributed by atoms with Crippen LogP contribution in [0, 0.1) is 5.92 Å². The van der Waals surface area contributed by atoms with E-state index in [1.165, 1.54) is 5.56 Å². The number of aromatic nitrogens is 3. The lowest BCUT2D eigenvalue weighted by Crippen LogP contribution is -2.21. The van der Waals surface area contributed by atoms with Gasteiger partial charge < -0.3 is 5.11 Å². The van der Waals surface area contributed by atoms with Crippen LogP contribution in [0.5, 0.6) is 0 Å². The summed E-state index contributed by atoms with van der Waals surface area (Å²) in [5.41, 5.74) is 2.22. The van der Waals surface area contributed by atoms with E-state index in [9.17, 15) is 5.11 Å². The van der Waals surface area contributed by atoms with Crippen molar-refractivity contribution >= 4 is 11.6 Å². The highest BCUT2D eigenvalue weighted by Gasteiger charge is 2.34. The second-order valence-electron chi connectivity index (χ2n) is 6.56. The molecule has 5 nitrogen and oxygen atoms in total. The molecule has 1 saturated heterocycles. The number of pyridine rings is 1. The maximum Gasteiger partial charge on any atom is 0.0589 e. The average molecular weight is 335 g/mol. The van der Waals surface area contributed by atoms with E-state index in [0.29, 0.717) is 17.0 Å². The van der Waals surface area contributed by atoms with Crippen LogP contribution in [0.4, 0.5) is 0 Å². The Labute approximate surface area is 141 Å². The summed E-state index contributed by atoms with van der Waals surface area (Å²) in [7, 11) is 0. The zero-order chi connectivity index (χ0) is 16.4.